The van der Waals surface area contributed by atoms with Gasteiger partial charge >= 0.3 is 0 Å². The average molecular weight is 703 g/mol. The van der Waals surface area contributed by atoms with Crippen molar-refractivity contribution in [3.8, 4) is 5.75 Å². The molecule has 1 saturated carbocycles. The lowest BCUT2D eigenvalue weighted by Crippen LogP contribution is -2.60. The number of anilines is 2. The second-order valence-corrected chi connectivity index (χ2v) is 13.3. The molecule has 7 nitrogen and oxygen atoms in total. The quantitative estimate of drug-likeness (QED) is 0.0837. The second-order valence-electron chi connectivity index (χ2n) is 12.1. The SMILES string of the molecule is C=Cc1ccc(N2C(=O)[C@H]3[C@H](CC=C4[C@H]3C[C@@]3(Cl)C(=O)N(c5c(F)c(F)c(F)c(F)c5F)C(=O)[C@@]3(Cl)[C@H]4c3ccc(O)cc3)C2=O)cc1. The van der Waals surface area contributed by atoms with Crippen LogP contribution in [0, 0.1) is 46.8 Å². The number of phenolic OH excluding ortho intramolecular Hbond substituents is 1. The zero-order valence-corrected chi connectivity index (χ0v) is 25.8. The normalized spacial score (nSPS) is 29.5. The van der Waals surface area contributed by atoms with Crippen LogP contribution in [0.2, 0.25) is 0 Å². The average Bonchev–Trinajstić information content (AvgIpc) is 3.41. The molecule has 14 heteroatoms. The number of rotatable bonds is 4. The minimum absolute atomic E-state index is 0.00262. The van der Waals surface area contributed by atoms with Crippen molar-refractivity contribution < 1.29 is 46.2 Å². The fourth-order valence-electron chi connectivity index (χ4n) is 7.62. The number of aromatic hydroxyl groups is 1. The molecule has 4 aliphatic rings. The maximum atomic E-state index is 15.1. The monoisotopic (exact) mass is 702 g/mol. The van der Waals surface area contributed by atoms with Gasteiger partial charge in [0.05, 0.1) is 17.5 Å². The van der Waals surface area contributed by atoms with Crippen LogP contribution in [0.4, 0.5) is 33.3 Å². The van der Waals surface area contributed by atoms with Gasteiger partial charge in [-0.3, -0.25) is 24.1 Å². The highest BCUT2D eigenvalue weighted by Gasteiger charge is 2.77. The third-order valence-corrected chi connectivity index (χ3v) is 11.2. The van der Waals surface area contributed by atoms with E-state index in [-0.39, 0.29) is 28.3 Å². The number of nitrogens with zero attached hydrogens (tertiary/aromatic N) is 2. The van der Waals surface area contributed by atoms with Crippen molar-refractivity contribution in [2.45, 2.75) is 28.5 Å². The number of amides is 4. The van der Waals surface area contributed by atoms with Gasteiger partial charge in [-0.25, -0.2) is 26.9 Å². The molecule has 0 aromatic heterocycles. The molecule has 0 unspecified atom stereocenters. The van der Waals surface area contributed by atoms with Gasteiger partial charge in [-0.15, -0.1) is 23.2 Å². The molecule has 2 aliphatic carbocycles. The van der Waals surface area contributed by atoms with Crippen LogP contribution in [0.15, 0.2) is 66.8 Å². The molecular weight excluding hydrogens is 682 g/mol. The second kappa shape index (κ2) is 10.7. The third-order valence-electron chi connectivity index (χ3n) is 9.83. The minimum atomic E-state index is -2.64. The van der Waals surface area contributed by atoms with Crippen LogP contribution in [-0.2, 0) is 19.2 Å². The van der Waals surface area contributed by atoms with Gasteiger partial charge in [-0.1, -0.05) is 48.6 Å². The minimum Gasteiger partial charge on any atom is -0.508 e. The predicted molar refractivity (Wildman–Crippen MR) is 164 cm³/mol. The molecule has 48 heavy (non-hydrogen) atoms. The lowest BCUT2D eigenvalue weighted by molar-refractivity contribution is -0.125. The summed E-state index contributed by atoms with van der Waals surface area (Å²) in [6.07, 6.45) is 2.56. The summed E-state index contributed by atoms with van der Waals surface area (Å²) in [5.41, 5.74) is -0.367. The Morgan fingerprint density at radius 1 is 0.771 bits per heavy atom. The molecule has 6 atom stereocenters. The number of hydrogen-bond acceptors (Lipinski definition) is 5. The summed E-state index contributed by atoms with van der Waals surface area (Å²) in [5, 5.41) is 9.99. The molecule has 246 valence electrons. The number of fused-ring (bicyclic) bond motifs is 4. The number of imide groups is 2. The molecule has 0 spiro atoms. The third kappa shape index (κ3) is 3.99. The van der Waals surface area contributed by atoms with E-state index in [1.165, 1.54) is 24.3 Å². The van der Waals surface area contributed by atoms with Gasteiger partial charge in [-0.05, 0) is 54.2 Å². The number of carbonyl (C=O) groups is 4. The number of halogens is 7. The van der Waals surface area contributed by atoms with Crippen molar-refractivity contribution in [1.29, 1.82) is 0 Å². The molecule has 3 aromatic carbocycles. The van der Waals surface area contributed by atoms with E-state index in [0.717, 1.165) is 10.5 Å². The number of hydrogen-bond donors (Lipinski definition) is 1. The summed E-state index contributed by atoms with van der Waals surface area (Å²) in [5.74, 6) is -21.3. The van der Waals surface area contributed by atoms with Crippen molar-refractivity contribution in [1.82, 2.24) is 0 Å². The first-order valence-electron chi connectivity index (χ1n) is 14.6. The van der Waals surface area contributed by atoms with Crippen LogP contribution >= 0.6 is 23.2 Å². The lowest BCUT2D eigenvalue weighted by atomic mass is 9.56. The van der Waals surface area contributed by atoms with E-state index in [9.17, 15) is 37.5 Å². The summed E-state index contributed by atoms with van der Waals surface area (Å²) in [6, 6.07) is 11.6. The standard InChI is InChI=1S/C34H21Cl2F5N2O5/c1-2-14-3-7-16(8-4-14)42-29(45)19-12-11-18-20(21(19)30(42)46)13-33(35)31(47)43(28-26(40)24(38)23(37)25(39)27(28)41)32(48)34(33,36)22(18)15-5-9-17(44)10-6-15/h2-11,19-22,44H,1,12-13H2/t19-,20+,21-,22-,33+,34-/m0/s1. The van der Waals surface area contributed by atoms with Crippen molar-refractivity contribution in [3.05, 3.63) is 107 Å². The largest absolute Gasteiger partial charge is 0.508 e. The van der Waals surface area contributed by atoms with Crippen LogP contribution < -0.4 is 9.80 Å². The summed E-state index contributed by atoms with van der Waals surface area (Å²) in [4.78, 5) is 51.8. The number of alkyl halides is 2. The molecular formula is C34H21Cl2F5N2O5. The number of benzene rings is 3. The van der Waals surface area contributed by atoms with E-state index >= 15 is 8.78 Å². The number of carbonyl (C=O) groups excluding carboxylic acids is 4. The smallest absolute Gasteiger partial charge is 0.258 e. The first-order valence-corrected chi connectivity index (χ1v) is 15.3. The van der Waals surface area contributed by atoms with E-state index in [2.05, 4.69) is 6.58 Å². The molecule has 0 radical (unpaired) electrons. The predicted octanol–water partition coefficient (Wildman–Crippen LogP) is 6.50. The van der Waals surface area contributed by atoms with Crippen LogP contribution in [0.5, 0.6) is 5.75 Å². The van der Waals surface area contributed by atoms with Crippen molar-refractivity contribution in [3.63, 3.8) is 0 Å². The highest BCUT2D eigenvalue weighted by atomic mass is 35.5. The van der Waals surface area contributed by atoms with Gasteiger partial charge in [-0.2, -0.15) is 0 Å². The zero-order chi connectivity index (χ0) is 34.6. The van der Waals surface area contributed by atoms with E-state index in [4.69, 9.17) is 23.2 Å². The van der Waals surface area contributed by atoms with E-state index < -0.39 is 98.2 Å². The lowest BCUT2D eigenvalue weighted by Gasteiger charge is -2.50. The molecule has 4 amide bonds. The molecule has 1 N–H and O–H groups in total. The molecule has 0 bridgehead atoms. The molecule has 7 rings (SSSR count). The van der Waals surface area contributed by atoms with Gasteiger partial charge in [0.1, 0.15) is 11.4 Å². The summed E-state index contributed by atoms with van der Waals surface area (Å²) in [7, 11) is 0. The Balaban J connectivity index is 1.41. The Kier molecular flexibility index (Phi) is 7.16. The number of phenols is 1. The molecule has 2 aliphatic heterocycles. The van der Waals surface area contributed by atoms with Crippen molar-refractivity contribution in [2.24, 2.45) is 17.8 Å². The Labute approximate surface area is 278 Å². The van der Waals surface area contributed by atoms with Gasteiger partial charge in [0, 0.05) is 5.92 Å². The summed E-state index contributed by atoms with van der Waals surface area (Å²) < 4.78 is 72.9. The van der Waals surface area contributed by atoms with Gasteiger partial charge in [0.25, 0.3) is 11.8 Å². The fraction of sp³-hybridized carbons (Fsp3) is 0.235. The van der Waals surface area contributed by atoms with E-state index in [1.807, 2.05) is 0 Å². The van der Waals surface area contributed by atoms with Gasteiger partial charge in [0.15, 0.2) is 33.0 Å². The Hall–Kier alpha value is -4.55. The number of allylic oxidation sites excluding steroid dienone is 2. The van der Waals surface area contributed by atoms with Gasteiger partial charge in [0.2, 0.25) is 17.6 Å². The van der Waals surface area contributed by atoms with Crippen LogP contribution in [-0.4, -0.2) is 38.5 Å². The van der Waals surface area contributed by atoms with E-state index in [1.54, 1.807) is 36.4 Å². The highest BCUT2D eigenvalue weighted by molar-refractivity contribution is 6.58. The fourth-order valence-corrected chi connectivity index (χ4v) is 8.56. The first-order chi connectivity index (χ1) is 22.7. The topological polar surface area (TPSA) is 95.0 Å². The zero-order valence-electron chi connectivity index (χ0n) is 24.3. The van der Waals surface area contributed by atoms with Crippen molar-refractivity contribution >= 4 is 64.3 Å². The van der Waals surface area contributed by atoms with E-state index in [0.29, 0.717) is 5.57 Å². The Bertz CT molecular complexity index is 1990. The molecule has 2 heterocycles. The maximum Gasteiger partial charge on any atom is 0.258 e. The molecule has 3 fully saturated rings. The maximum absolute atomic E-state index is 15.1. The van der Waals surface area contributed by atoms with Crippen LogP contribution in [0.25, 0.3) is 6.08 Å². The highest BCUT2D eigenvalue weighted by Crippen LogP contribution is 2.66. The summed E-state index contributed by atoms with van der Waals surface area (Å²) in [6.45, 7) is 3.68. The summed E-state index contributed by atoms with van der Waals surface area (Å²) >= 11 is 14.1. The van der Waals surface area contributed by atoms with Gasteiger partial charge < -0.3 is 5.11 Å². The van der Waals surface area contributed by atoms with Crippen molar-refractivity contribution in [2.75, 3.05) is 9.80 Å². The van der Waals surface area contributed by atoms with Crippen LogP contribution in [0.3, 0.4) is 0 Å². The Morgan fingerprint density at radius 2 is 1.35 bits per heavy atom. The Morgan fingerprint density at radius 3 is 1.94 bits per heavy atom. The molecule has 3 aromatic rings. The first kappa shape index (κ1) is 32.0. The van der Waals surface area contributed by atoms with Crippen LogP contribution in [0.1, 0.15) is 29.9 Å². The molecule has 2 saturated heterocycles.